The molecule has 190 valence electrons. The zero-order chi connectivity index (χ0) is 24.5. The van der Waals surface area contributed by atoms with Crippen LogP contribution in [-0.2, 0) is 14.8 Å². The van der Waals surface area contributed by atoms with Gasteiger partial charge in [0.05, 0.1) is 10.9 Å². The number of piperidine rings is 1. The highest BCUT2D eigenvalue weighted by Crippen LogP contribution is 2.34. The molecule has 2 saturated heterocycles. The molecule has 1 saturated carbocycles. The lowest BCUT2D eigenvalue weighted by Crippen LogP contribution is -2.56. The maximum Gasteiger partial charge on any atom is 0.410 e. The Labute approximate surface area is 209 Å². The normalized spacial score (nSPS) is 27.2. The van der Waals surface area contributed by atoms with Crippen molar-refractivity contribution in [2.45, 2.75) is 75.9 Å². The first kappa shape index (κ1) is 25.7. The summed E-state index contributed by atoms with van der Waals surface area (Å²) < 4.78 is 34.7. The highest BCUT2D eigenvalue weighted by Gasteiger charge is 2.42. The van der Waals surface area contributed by atoms with Crippen LogP contribution in [0.2, 0.25) is 5.02 Å². The number of rotatable bonds is 7. The van der Waals surface area contributed by atoms with Crippen molar-refractivity contribution in [1.29, 1.82) is 0 Å². The molecule has 0 N–H and O–H groups in total. The van der Waals surface area contributed by atoms with E-state index in [4.69, 9.17) is 16.3 Å². The van der Waals surface area contributed by atoms with Crippen LogP contribution < -0.4 is 0 Å². The smallest absolute Gasteiger partial charge is 0.410 e. The first-order valence-corrected chi connectivity index (χ1v) is 14.4. The van der Waals surface area contributed by atoms with Crippen molar-refractivity contribution < 1.29 is 17.9 Å². The molecule has 34 heavy (non-hydrogen) atoms. The van der Waals surface area contributed by atoms with E-state index in [1.54, 1.807) is 33.5 Å². The predicted octanol–water partition coefficient (Wildman–Crippen LogP) is 4.46. The molecule has 0 spiro atoms. The summed E-state index contributed by atoms with van der Waals surface area (Å²) >= 11 is 5.99. The van der Waals surface area contributed by atoms with Crippen LogP contribution in [0.4, 0.5) is 4.79 Å². The number of halogens is 1. The third kappa shape index (κ3) is 5.89. The molecule has 0 bridgehead atoms. The van der Waals surface area contributed by atoms with Crippen molar-refractivity contribution >= 4 is 27.7 Å². The zero-order valence-electron chi connectivity index (χ0n) is 20.5. The number of nitrogens with zero attached hydrogens (tertiary/aromatic N) is 3. The monoisotopic (exact) mass is 511 g/mol. The molecule has 0 unspecified atom stereocenters. The van der Waals surface area contributed by atoms with E-state index in [0.717, 1.165) is 38.4 Å². The third-order valence-electron chi connectivity index (χ3n) is 7.44. The molecular weight excluding hydrogens is 474 g/mol. The van der Waals surface area contributed by atoms with Crippen LogP contribution in [0.3, 0.4) is 0 Å². The molecule has 9 heteroatoms. The van der Waals surface area contributed by atoms with Crippen molar-refractivity contribution in [3.05, 3.63) is 29.3 Å². The summed E-state index contributed by atoms with van der Waals surface area (Å²) in [6, 6.07) is 5.87. The summed E-state index contributed by atoms with van der Waals surface area (Å²) in [6.45, 7) is 9.74. The standard InChI is InChI=1S/C25H38ClN3O4S/c1-18(2)24-6-4-5-22(29(24)34(31,32)23-11-9-21(26)10-12-23)17-33-25(30)28-14-13-27(15-19(28)3)16-20-7-8-20/h9-12,18-20,22,24H,4-8,13-17H2,1-3H3/t19-,22+,24-/m0/s1. The molecule has 0 aromatic heterocycles. The Morgan fingerprint density at radius 3 is 2.44 bits per heavy atom. The summed E-state index contributed by atoms with van der Waals surface area (Å²) in [5.74, 6) is 0.986. The van der Waals surface area contributed by atoms with Crippen molar-refractivity contribution in [2.24, 2.45) is 11.8 Å². The van der Waals surface area contributed by atoms with Gasteiger partial charge in [-0.05, 0) is 68.7 Å². The number of carbonyl (C=O) groups is 1. The van der Waals surface area contributed by atoms with Crippen molar-refractivity contribution in [3.63, 3.8) is 0 Å². The number of sulfonamides is 1. The van der Waals surface area contributed by atoms with Gasteiger partial charge in [-0.2, -0.15) is 4.31 Å². The second-order valence-electron chi connectivity index (χ2n) is 10.5. The minimum absolute atomic E-state index is 0.0733. The first-order valence-electron chi connectivity index (χ1n) is 12.6. The molecule has 2 aliphatic heterocycles. The number of carbonyl (C=O) groups excluding carboxylic acids is 1. The molecule has 1 aliphatic carbocycles. The molecule has 1 amide bonds. The Bertz CT molecular complexity index is 951. The van der Waals surface area contributed by atoms with E-state index < -0.39 is 10.0 Å². The lowest BCUT2D eigenvalue weighted by Gasteiger charge is -2.43. The van der Waals surface area contributed by atoms with Crippen molar-refractivity contribution in [2.75, 3.05) is 32.8 Å². The van der Waals surface area contributed by atoms with Gasteiger partial charge in [0, 0.05) is 43.3 Å². The molecule has 2 heterocycles. The maximum atomic E-state index is 13.7. The van der Waals surface area contributed by atoms with E-state index in [2.05, 4.69) is 11.8 Å². The van der Waals surface area contributed by atoms with Gasteiger partial charge in [0.15, 0.2) is 0 Å². The van der Waals surface area contributed by atoms with Crippen LogP contribution in [0.25, 0.3) is 0 Å². The zero-order valence-corrected chi connectivity index (χ0v) is 22.1. The minimum Gasteiger partial charge on any atom is -0.448 e. The Kier molecular flexibility index (Phi) is 8.12. The summed E-state index contributed by atoms with van der Waals surface area (Å²) in [7, 11) is -3.76. The van der Waals surface area contributed by atoms with Gasteiger partial charge >= 0.3 is 6.09 Å². The molecule has 0 radical (unpaired) electrons. The molecule has 3 fully saturated rings. The van der Waals surface area contributed by atoms with E-state index in [0.29, 0.717) is 18.0 Å². The Balaban J connectivity index is 1.43. The topological polar surface area (TPSA) is 70.2 Å². The van der Waals surface area contributed by atoms with Gasteiger partial charge in [-0.1, -0.05) is 31.9 Å². The van der Waals surface area contributed by atoms with Crippen molar-refractivity contribution in [1.82, 2.24) is 14.1 Å². The molecule has 3 atom stereocenters. The second-order valence-corrected chi connectivity index (χ2v) is 12.8. The van der Waals surface area contributed by atoms with Gasteiger partial charge in [0.1, 0.15) is 6.61 Å². The molecule has 3 aliphatic rings. The Hall–Kier alpha value is -1.35. The third-order valence-corrected chi connectivity index (χ3v) is 9.69. The molecule has 1 aromatic rings. The van der Waals surface area contributed by atoms with E-state index in [-0.39, 0.29) is 41.6 Å². The fourth-order valence-corrected chi connectivity index (χ4v) is 7.47. The second kappa shape index (κ2) is 10.7. The minimum atomic E-state index is -3.76. The first-order chi connectivity index (χ1) is 16.2. The summed E-state index contributed by atoms with van der Waals surface area (Å²) in [4.78, 5) is 17.4. The molecule has 1 aromatic carbocycles. The van der Waals surface area contributed by atoms with E-state index in [9.17, 15) is 13.2 Å². The number of amides is 1. The van der Waals surface area contributed by atoms with Gasteiger partial charge in [-0.25, -0.2) is 13.2 Å². The number of piperazine rings is 1. The van der Waals surface area contributed by atoms with Gasteiger partial charge in [-0.3, -0.25) is 4.90 Å². The fourth-order valence-electron chi connectivity index (χ4n) is 5.36. The highest BCUT2D eigenvalue weighted by atomic mass is 35.5. The van der Waals surface area contributed by atoms with Crippen LogP contribution in [0.5, 0.6) is 0 Å². The van der Waals surface area contributed by atoms with Gasteiger partial charge in [-0.15, -0.1) is 0 Å². The van der Waals surface area contributed by atoms with E-state index in [1.807, 2.05) is 13.8 Å². The largest absolute Gasteiger partial charge is 0.448 e. The average Bonchev–Trinajstić information content (AvgIpc) is 3.61. The molecular formula is C25H38ClN3O4S. The Morgan fingerprint density at radius 1 is 1.12 bits per heavy atom. The number of ether oxygens (including phenoxy) is 1. The van der Waals surface area contributed by atoms with Crippen LogP contribution in [-0.4, -0.2) is 79.5 Å². The van der Waals surface area contributed by atoms with Gasteiger partial charge < -0.3 is 9.64 Å². The van der Waals surface area contributed by atoms with E-state index >= 15 is 0 Å². The van der Waals surface area contributed by atoms with Gasteiger partial charge in [0.2, 0.25) is 10.0 Å². The quantitative estimate of drug-likeness (QED) is 0.540. The summed E-state index contributed by atoms with van der Waals surface area (Å²) in [5.41, 5.74) is 0. The van der Waals surface area contributed by atoms with Crippen LogP contribution in [0.1, 0.15) is 52.9 Å². The lowest BCUT2D eigenvalue weighted by atomic mass is 9.91. The van der Waals surface area contributed by atoms with Gasteiger partial charge in [0.25, 0.3) is 0 Å². The highest BCUT2D eigenvalue weighted by molar-refractivity contribution is 7.89. The Morgan fingerprint density at radius 2 is 1.82 bits per heavy atom. The van der Waals surface area contributed by atoms with Crippen LogP contribution in [0.15, 0.2) is 29.2 Å². The van der Waals surface area contributed by atoms with Crippen LogP contribution in [0, 0.1) is 11.8 Å². The number of hydrogen-bond donors (Lipinski definition) is 0. The fraction of sp³-hybridized carbons (Fsp3) is 0.720. The maximum absolute atomic E-state index is 13.7. The van der Waals surface area contributed by atoms with Crippen molar-refractivity contribution in [3.8, 4) is 0 Å². The number of benzene rings is 1. The summed E-state index contributed by atoms with van der Waals surface area (Å²) in [6.07, 6.45) is 4.70. The van der Waals surface area contributed by atoms with Crippen LogP contribution >= 0.6 is 11.6 Å². The average molecular weight is 512 g/mol. The lowest BCUT2D eigenvalue weighted by molar-refractivity contribution is 0.0284. The van der Waals surface area contributed by atoms with E-state index in [1.165, 1.54) is 12.8 Å². The SMILES string of the molecule is CC(C)[C@@H]1CCC[C@H](COC(=O)N2CCN(CC3CC3)C[C@@H]2C)N1S(=O)(=O)c1ccc(Cl)cc1. The number of hydrogen-bond acceptors (Lipinski definition) is 5. The summed E-state index contributed by atoms with van der Waals surface area (Å²) in [5, 5.41) is 0.495. The molecule has 4 rings (SSSR count). The molecule has 7 nitrogen and oxygen atoms in total. The predicted molar refractivity (Wildman–Crippen MR) is 133 cm³/mol.